The molecule has 2 aliphatic rings. The van der Waals surface area contributed by atoms with Crippen molar-refractivity contribution in [3.63, 3.8) is 0 Å². The molecule has 2 aromatic heterocycles. The average molecular weight is 440 g/mol. The van der Waals surface area contributed by atoms with E-state index in [1.165, 1.54) is 18.4 Å². The summed E-state index contributed by atoms with van der Waals surface area (Å²) >= 11 is 0. The molecular formula is C25H25N7O. The van der Waals surface area contributed by atoms with Crippen LogP contribution in [-0.4, -0.2) is 38.9 Å². The van der Waals surface area contributed by atoms with E-state index in [2.05, 4.69) is 32.3 Å². The van der Waals surface area contributed by atoms with Crippen LogP contribution in [0, 0.1) is 11.3 Å². The zero-order valence-electron chi connectivity index (χ0n) is 18.3. The summed E-state index contributed by atoms with van der Waals surface area (Å²) in [4.78, 5) is 26.3. The van der Waals surface area contributed by atoms with Gasteiger partial charge in [0.1, 0.15) is 0 Å². The predicted molar refractivity (Wildman–Crippen MR) is 126 cm³/mol. The number of hydrogen-bond acceptors (Lipinski definition) is 6. The highest BCUT2D eigenvalue weighted by Gasteiger charge is 2.26. The van der Waals surface area contributed by atoms with E-state index < -0.39 is 0 Å². The molecule has 3 N–H and O–H groups in total. The van der Waals surface area contributed by atoms with Gasteiger partial charge in [-0.3, -0.25) is 15.2 Å². The maximum atomic E-state index is 13.0. The molecule has 0 unspecified atom stereocenters. The SMILES string of the molecule is N#Cc1ccc(-c2ccc(N)c(NC(=O)N3Cc4cc(CN5CCCC5)cnc4C3)n2)cc1. The second-order valence-electron chi connectivity index (χ2n) is 8.54. The molecule has 2 amide bonds. The average Bonchev–Trinajstić information content (AvgIpc) is 3.50. The standard InChI is InChI=1S/C25H25N7O/c26-12-17-3-5-19(6-4-17)22-8-7-21(27)24(29-22)30-25(33)32-15-20-11-18(13-28-23(20)16-32)14-31-9-1-2-10-31/h3-8,11,13H,1-2,9-10,14-16,27H2,(H,29,30,33). The minimum Gasteiger partial charge on any atom is -0.396 e. The molecule has 0 bridgehead atoms. The molecule has 0 atom stereocenters. The molecule has 8 heteroatoms. The molecule has 0 saturated carbocycles. The Morgan fingerprint density at radius 1 is 1.12 bits per heavy atom. The van der Waals surface area contributed by atoms with Gasteiger partial charge in [-0.1, -0.05) is 12.1 Å². The van der Waals surface area contributed by atoms with E-state index in [4.69, 9.17) is 11.0 Å². The van der Waals surface area contributed by atoms with Crippen molar-refractivity contribution < 1.29 is 4.79 Å². The van der Waals surface area contributed by atoms with E-state index in [0.29, 0.717) is 35.9 Å². The summed E-state index contributed by atoms with van der Waals surface area (Å²) in [5.74, 6) is 0.320. The Balaban J connectivity index is 1.27. The topological polar surface area (TPSA) is 111 Å². The number of amides is 2. The van der Waals surface area contributed by atoms with E-state index in [-0.39, 0.29) is 6.03 Å². The van der Waals surface area contributed by atoms with Crippen LogP contribution in [0.15, 0.2) is 48.7 Å². The minimum atomic E-state index is -0.259. The van der Waals surface area contributed by atoms with Crippen molar-refractivity contribution in [1.82, 2.24) is 19.8 Å². The number of nitrogens with one attached hydrogen (secondary N) is 1. The number of carbonyl (C=O) groups excluding carboxylic acids is 1. The van der Waals surface area contributed by atoms with E-state index >= 15 is 0 Å². The molecule has 0 spiro atoms. The zero-order chi connectivity index (χ0) is 22.8. The Labute approximate surface area is 192 Å². The number of anilines is 2. The third-order valence-electron chi connectivity index (χ3n) is 6.17. The van der Waals surface area contributed by atoms with Gasteiger partial charge in [0.15, 0.2) is 5.82 Å². The quantitative estimate of drug-likeness (QED) is 0.641. The predicted octanol–water partition coefficient (Wildman–Crippen LogP) is 3.74. The van der Waals surface area contributed by atoms with Crippen LogP contribution >= 0.6 is 0 Å². The Bertz CT molecular complexity index is 1230. The molecule has 33 heavy (non-hydrogen) atoms. The number of nitrogen functional groups attached to an aromatic ring is 1. The number of pyridine rings is 2. The first-order valence-electron chi connectivity index (χ1n) is 11.1. The van der Waals surface area contributed by atoms with E-state index in [1.807, 2.05) is 18.3 Å². The van der Waals surface area contributed by atoms with Crippen molar-refractivity contribution >= 4 is 17.5 Å². The van der Waals surface area contributed by atoms with Gasteiger partial charge in [-0.15, -0.1) is 0 Å². The van der Waals surface area contributed by atoms with Crippen molar-refractivity contribution in [2.24, 2.45) is 0 Å². The highest BCUT2D eigenvalue weighted by atomic mass is 16.2. The summed E-state index contributed by atoms with van der Waals surface area (Å²) in [6.45, 7) is 4.16. The Morgan fingerprint density at radius 2 is 1.91 bits per heavy atom. The summed E-state index contributed by atoms with van der Waals surface area (Å²) < 4.78 is 0. The van der Waals surface area contributed by atoms with Gasteiger partial charge in [0, 0.05) is 24.8 Å². The van der Waals surface area contributed by atoms with Gasteiger partial charge in [0.2, 0.25) is 0 Å². The lowest BCUT2D eigenvalue weighted by Gasteiger charge is -2.17. The molecule has 0 aliphatic carbocycles. The van der Waals surface area contributed by atoms with Gasteiger partial charge in [0.25, 0.3) is 0 Å². The molecule has 2 aliphatic heterocycles. The number of likely N-dealkylation sites (tertiary alicyclic amines) is 1. The smallest absolute Gasteiger partial charge is 0.323 e. The van der Waals surface area contributed by atoms with Crippen LogP contribution in [0.4, 0.5) is 16.3 Å². The summed E-state index contributed by atoms with van der Waals surface area (Å²) in [7, 11) is 0. The third-order valence-corrected chi connectivity index (χ3v) is 6.17. The molecule has 0 radical (unpaired) electrons. The molecule has 5 rings (SSSR count). The Kier molecular flexibility index (Phi) is 5.63. The molecule has 1 aromatic carbocycles. The van der Waals surface area contributed by atoms with Crippen molar-refractivity contribution in [2.75, 3.05) is 24.1 Å². The molecule has 8 nitrogen and oxygen atoms in total. The summed E-state index contributed by atoms with van der Waals surface area (Å²) in [6, 6.07) is 14.7. The molecule has 4 heterocycles. The Morgan fingerprint density at radius 3 is 2.67 bits per heavy atom. The number of hydrogen-bond donors (Lipinski definition) is 2. The Hall–Kier alpha value is -3.96. The molecular weight excluding hydrogens is 414 g/mol. The van der Waals surface area contributed by atoms with E-state index in [1.54, 1.807) is 29.2 Å². The number of nitrogens with zero attached hydrogens (tertiary/aromatic N) is 5. The number of nitrogens with two attached hydrogens (primary N) is 1. The van der Waals surface area contributed by atoms with E-state index in [0.717, 1.165) is 36.5 Å². The van der Waals surface area contributed by atoms with Gasteiger partial charge >= 0.3 is 6.03 Å². The fourth-order valence-corrected chi connectivity index (χ4v) is 4.37. The lowest BCUT2D eigenvalue weighted by Crippen LogP contribution is -2.31. The highest BCUT2D eigenvalue weighted by Crippen LogP contribution is 2.26. The molecule has 1 saturated heterocycles. The van der Waals surface area contributed by atoms with Crippen LogP contribution in [0.2, 0.25) is 0 Å². The first-order chi connectivity index (χ1) is 16.1. The van der Waals surface area contributed by atoms with Gasteiger partial charge in [0.05, 0.1) is 35.3 Å². The van der Waals surface area contributed by atoms with Crippen LogP contribution in [0.5, 0.6) is 0 Å². The fraction of sp³-hybridized carbons (Fsp3) is 0.280. The fourth-order valence-electron chi connectivity index (χ4n) is 4.37. The van der Waals surface area contributed by atoms with Crippen LogP contribution < -0.4 is 11.1 Å². The second kappa shape index (κ2) is 8.88. The normalized spacial score (nSPS) is 15.3. The summed E-state index contributed by atoms with van der Waals surface area (Å²) in [5.41, 5.74) is 11.8. The first-order valence-corrected chi connectivity index (χ1v) is 11.1. The van der Waals surface area contributed by atoms with Crippen LogP contribution in [-0.2, 0) is 19.6 Å². The number of urea groups is 1. The van der Waals surface area contributed by atoms with Crippen LogP contribution in [0.1, 0.15) is 35.2 Å². The van der Waals surface area contributed by atoms with Gasteiger partial charge < -0.3 is 10.6 Å². The van der Waals surface area contributed by atoms with Crippen LogP contribution in [0.3, 0.4) is 0 Å². The zero-order valence-corrected chi connectivity index (χ0v) is 18.3. The van der Waals surface area contributed by atoms with Crippen molar-refractivity contribution in [2.45, 2.75) is 32.5 Å². The first kappa shape index (κ1) is 20.9. The maximum absolute atomic E-state index is 13.0. The van der Waals surface area contributed by atoms with Crippen molar-refractivity contribution in [3.8, 4) is 17.3 Å². The van der Waals surface area contributed by atoms with Crippen LogP contribution in [0.25, 0.3) is 11.3 Å². The van der Waals surface area contributed by atoms with Gasteiger partial charge in [-0.25, -0.2) is 9.78 Å². The summed E-state index contributed by atoms with van der Waals surface area (Å²) in [6.07, 6.45) is 4.45. The van der Waals surface area contributed by atoms with Crippen molar-refractivity contribution in [1.29, 1.82) is 5.26 Å². The molecule has 3 aromatic rings. The molecule has 1 fully saturated rings. The number of nitriles is 1. The number of fused-ring (bicyclic) bond motifs is 1. The third kappa shape index (κ3) is 4.49. The van der Waals surface area contributed by atoms with Gasteiger partial charge in [-0.2, -0.15) is 5.26 Å². The maximum Gasteiger partial charge on any atom is 0.323 e. The van der Waals surface area contributed by atoms with Crippen molar-refractivity contribution in [3.05, 3.63) is 71.0 Å². The number of rotatable bonds is 4. The second-order valence-corrected chi connectivity index (χ2v) is 8.54. The molecule has 166 valence electrons. The lowest BCUT2D eigenvalue weighted by molar-refractivity contribution is 0.212. The number of aromatic nitrogens is 2. The number of carbonyl (C=O) groups is 1. The number of benzene rings is 1. The van der Waals surface area contributed by atoms with E-state index in [9.17, 15) is 4.79 Å². The largest absolute Gasteiger partial charge is 0.396 e. The van der Waals surface area contributed by atoms with Gasteiger partial charge in [-0.05, 0) is 67.4 Å². The monoisotopic (exact) mass is 439 g/mol. The summed E-state index contributed by atoms with van der Waals surface area (Å²) in [5, 5.41) is 11.8. The highest BCUT2D eigenvalue weighted by molar-refractivity contribution is 5.92. The lowest BCUT2D eigenvalue weighted by atomic mass is 10.1. The minimum absolute atomic E-state index is 0.259.